The number of aromatic nitrogens is 1. The first-order valence-electron chi connectivity index (χ1n) is 8.80. The van der Waals surface area contributed by atoms with Crippen LogP contribution in [0.4, 0.5) is 0 Å². The maximum Gasteiger partial charge on any atom is 0.355 e. The monoisotopic (exact) mass is 353 g/mol. The maximum absolute atomic E-state index is 12.6. The first kappa shape index (κ1) is 16.9. The minimum absolute atomic E-state index is 0.381. The van der Waals surface area contributed by atoms with Gasteiger partial charge in [0.25, 0.3) is 0 Å². The fourth-order valence-electron chi connectivity index (χ4n) is 3.36. The number of rotatable bonds is 4. The number of esters is 1. The summed E-state index contributed by atoms with van der Waals surface area (Å²) < 4.78 is 5.07. The Bertz CT molecular complexity index is 1050. The lowest BCUT2D eigenvalue weighted by Gasteiger charge is -2.09. The minimum atomic E-state index is -0.381. The topological polar surface area (TPSA) is 42.1 Å². The van der Waals surface area contributed by atoms with Crippen molar-refractivity contribution in [3.63, 3.8) is 0 Å². The van der Waals surface area contributed by atoms with E-state index in [4.69, 9.17) is 4.74 Å². The van der Waals surface area contributed by atoms with Gasteiger partial charge in [0, 0.05) is 11.1 Å². The van der Waals surface area contributed by atoms with Crippen LogP contribution in [0, 0.1) is 0 Å². The van der Waals surface area contributed by atoms with Gasteiger partial charge in [-0.15, -0.1) is 0 Å². The van der Waals surface area contributed by atoms with Crippen LogP contribution in [-0.2, 0) is 4.74 Å². The molecule has 0 atom stereocenters. The number of hydrogen-bond acceptors (Lipinski definition) is 2. The fraction of sp³-hybridized carbons (Fsp3) is 0.0417. The Morgan fingerprint density at radius 1 is 0.667 bits per heavy atom. The molecule has 0 radical (unpaired) electrons. The zero-order valence-corrected chi connectivity index (χ0v) is 15.0. The average molecular weight is 353 g/mol. The molecule has 0 saturated heterocycles. The second-order valence-electron chi connectivity index (χ2n) is 6.21. The van der Waals surface area contributed by atoms with Gasteiger partial charge in [-0.2, -0.15) is 0 Å². The number of methoxy groups -OCH3 is 1. The van der Waals surface area contributed by atoms with Crippen molar-refractivity contribution in [3.05, 3.63) is 96.7 Å². The van der Waals surface area contributed by atoms with Crippen molar-refractivity contribution in [2.24, 2.45) is 0 Å². The second kappa shape index (κ2) is 7.34. The summed E-state index contributed by atoms with van der Waals surface area (Å²) in [5, 5.41) is 0. The molecule has 1 N–H and O–H groups in total. The van der Waals surface area contributed by atoms with Crippen LogP contribution in [0.1, 0.15) is 10.5 Å². The Kier molecular flexibility index (Phi) is 4.58. The third kappa shape index (κ3) is 3.15. The molecule has 1 heterocycles. The number of aromatic amines is 1. The number of hydrogen-bond donors (Lipinski definition) is 1. The molecule has 3 heteroatoms. The smallest absolute Gasteiger partial charge is 0.355 e. The van der Waals surface area contributed by atoms with E-state index < -0.39 is 0 Å². The van der Waals surface area contributed by atoms with Gasteiger partial charge in [-0.25, -0.2) is 4.79 Å². The third-order valence-corrected chi connectivity index (χ3v) is 4.58. The van der Waals surface area contributed by atoms with E-state index >= 15 is 0 Å². The molecule has 0 saturated carbocycles. The average Bonchev–Trinajstić information content (AvgIpc) is 3.16. The summed E-state index contributed by atoms with van der Waals surface area (Å²) in [6.07, 6.45) is 0. The lowest BCUT2D eigenvalue weighted by atomic mass is 9.93. The van der Waals surface area contributed by atoms with Crippen LogP contribution in [0.2, 0.25) is 0 Å². The summed E-state index contributed by atoms with van der Waals surface area (Å²) in [7, 11) is 1.41. The molecule has 0 unspecified atom stereocenters. The van der Waals surface area contributed by atoms with E-state index in [2.05, 4.69) is 17.1 Å². The molecule has 0 amide bonds. The van der Waals surface area contributed by atoms with Gasteiger partial charge in [-0.3, -0.25) is 0 Å². The minimum Gasteiger partial charge on any atom is -0.464 e. The van der Waals surface area contributed by atoms with Crippen molar-refractivity contribution in [1.82, 2.24) is 4.98 Å². The van der Waals surface area contributed by atoms with Crippen molar-refractivity contribution >= 4 is 5.97 Å². The standard InChI is InChI=1S/C24H19NO2/c1-27-24(26)23-21(18-13-7-3-8-14-18)20(17-11-5-2-6-12-17)22(25-23)19-15-9-4-10-16-19/h2-16,25H,1H3. The number of benzene rings is 3. The molecule has 132 valence electrons. The predicted octanol–water partition coefficient (Wildman–Crippen LogP) is 5.80. The predicted molar refractivity (Wildman–Crippen MR) is 108 cm³/mol. The highest BCUT2D eigenvalue weighted by Crippen LogP contribution is 2.42. The summed E-state index contributed by atoms with van der Waals surface area (Å²) >= 11 is 0. The van der Waals surface area contributed by atoms with E-state index in [9.17, 15) is 4.79 Å². The van der Waals surface area contributed by atoms with Gasteiger partial charge in [-0.1, -0.05) is 91.0 Å². The molecule has 4 aromatic rings. The Morgan fingerprint density at radius 2 is 1.11 bits per heavy atom. The molecular weight excluding hydrogens is 334 g/mol. The maximum atomic E-state index is 12.6. The molecule has 3 nitrogen and oxygen atoms in total. The van der Waals surface area contributed by atoms with E-state index in [1.54, 1.807) is 0 Å². The number of ether oxygens (including phenoxy) is 1. The molecule has 0 aliphatic rings. The van der Waals surface area contributed by atoms with Gasteiger partial charge in [0.1, 0.15) is 5.69 Å². The van der Waals surface area contributed by atoms with Crippen LogP contribution in [0.25, 0.3) is 33.5 Å². The summed E-state index contributed by atoms with van der Waals surface area (Å²) in [4.78, 5) is 15.9. The lowest BCUT2D eigenvalue weighted by Crippen LogP contribution is -2.03. The zero-order chi connectivity index (χ0) is 18.6. The van der Waals surface area contributed by atoms with Crippen LogP contribution in [0.15, 0.2) is 91.0 Å². The van der Waals surface area contributed by atoms with E-state index in [-0.39, 0.29) is 5.97 Å². The molecule has 0 spiro atoms. The highest BCUT2D eigenvalue weighted by atomic mass is 16.5. The zero-order valence-electron chi connectivity index (χ0n) is 15.0. The molecule has 0 aliphatic heterocycles. The SMILES string of the molecule is COC(=O)c1[nH]c(-c2ccccc2)c(-c2ccccc2)c1-c1ccccc1. The van der Waals surface area contributed by atoms with Crippen molar-refractivity contribution < 1.29 is 9.53 Å². The Labute approximate surface area is 158 Å². The van der Waals surface area contributed by atoms with Crippen molar-refractivity contribution in [3.8, 4) is 33.5 Å². The highest BCUT2D eigenvalue weighted by molar-refractivity contribution is 6.05. The molecule has 27 heavy (non-hydrogen) atoms. The van der Waals surface area contributed by atoms with Crippen molar-refractivity contribution in [1.29, 1.82) is 0 Å². The fourth-order valence-corrected chi connectivity index (χ4v) is 3.36. The van der Waals surface area contributed by atoms with Crippen LogP contribution >= 0.6 is 0 Å². The second-order valence-corrected chi connectivity index (χ2v) is 6.21. The summed E-state index contributed by atoms with van der Waals surface area (Å²) in [6, 6.07) is 30.1. The van der Waals surface area contributed by atoms with E-state index in [1.165, 1.54) is 7.11 Å². The molecular formula is C24H19NO2. The van der Waals surface area contributed by atoms with Crippen LogP contribution in [-0.4, -0.2) is 18.1 Å². The quantitative estimate of drug-likeness (QED) is 0.471. The Balaban J connectivity index is 2.09. The summed E-state index contributed by atoms with van der Waals surface area (Å²) in [5.41, 5.74) is 6.24. The van der Waals surface area contributed by atoms with Gasteiger partial charge >= 0.3 is 5.97 Å². The van der Waals surface area contributed by atoms with E-state index in [1.807, 2.05) is 78.9 Å². The number of carbonyl (C=O) groups excluding carboxylic acids is 1. The third-order valence-electron chi connectivity index (χ3n) is 4.58. The Morgan fingerprint density at radius 3 is 1.59 bits per heavy atom. The number of H-pyrrole nitrogens is 1. The molecule has 0 aliphatic carbocycles. The van der Waals surface area contributed by atoms with Crippen LogP contribution < -0.4 is 0 Å². The first-order valence-corrected chi connectivity index (χ1v) is 8.80. The highest BCUT2D eigenvalue weighted by Gasteiger charge is 2.25. The Hall–Kier alpha value is -3.59. The molecule has 1 aromatic heterocycles. The van der Waals surface area contributed by atoms with Crippen molar-refractivity contribution in [2.75, 3.05) is 7.11 Å². The summed E-state index contributed by atoms with van der Waals surface area (Å²) in [6.45, 7) is 0. The van der Waals surface area contributed by atoms with E-state index in [0.29, 0.717) is 5.69 Å². The number of nitrogens with one attached hydrogen (secondary N) is 1. The van der Waals surface area contributed by atoms with Crippen LogP contribution in [0.5, 0.6) is 0 Å². The normalized spacial score (nSPS) is 10.6. The van der Waals surface area contributed by atoms with Crippen molar-refractivity contribution in [2.45, 2.75) is 0 Å². The van der Waals surface area contributed by atoms with Gasteiger partial charge < -0.3 is 9.72 Å². The van der Waals surface area contributed by atoms with Gasteiger partial charge in [0.15, 0.2) is 0 Å². The molecule has 0 bridgehead atoms. The number of carbonyl (C=O) groups is 1. The molecule has 4 rings (SSSR count). The molecule has 0 fully saturated rings. The van der Waals surface area contributed by atoms with E-state index in [0.717, 1.165) is 33.5 Å². The summed E-state index contributed by atoms with van der Waals surface area (Å²) in [5.74, 6) is -0.381. The van der Waals surface area contributed by atoms with Gasteiger partial charge in [0.05, 0.1) is 12.8 Å². The van der Waals surface area contributed by atoms with Gasteiger partial charge in [-0.05, 0) is 16.7 Å². The molecule has 3 aromatic carbocycles. The first-order chi connectivity index (χ1) is 13.3. The lowest BCUT2D eigenvalue weighted by molar-refractivity contribution is 0.0596. The van der Waals surface area contributed by atoms with Gasteiger partial charge in [0.2, 0.25) is 0 Å². The van der Waals surface area contributed by atoms with Crippen LogP contribution in [0.3, 0.4) is 0 Å². The largest absolute Gasteiger partial charge is 0.464 e.